The van der Waals surface area contributed by atoms with Crippen LogP contribution >= 0.6 is 0 Å². The fraction of sp³-hybridized carbons (Fsp3) is 0.312. The second-order valence-corrected chi connectivity index (χ2v) is 7.75. The van der Waals surface area contributed by atoms with E-state index in [1.54, 1.807) is 0 Å². The molecule has 0 radical (unpaired) electrons. The molecule has 1 saturated heterocycles. The number of sulfonamides is 1. The summed E-state index contributed by atoms with van der Waals surface area (Å²) >= 11 is 0. The number of halogens is 5. The van der Waals surface area contributed by atoms with E-state index in [1.165, 1.54) is 0 Å². The number of ether oxygens (including phenoxy) is 1. The number of alkyl halides is 3. The van der Waals surface area contributed by atoms with Crippen molar-refractivity contribution in [2.45, 2.75) is 23.6 Å². The zero-order valence-electron chi connectivity index (χ0n) is 13.6. The number of nitrogens with zero attached hydrogens (tertiary/aromatic N) is 2. The van der Waals surface area contributed by atoms with Crippen molar-refractivity contribution in [3.63, 3.8) is 0 Å². The van der Waals surface area contributed by atoms with E-state index in [1.807, 2.05) is 0 Å². The third kappa shape index (κ3) is 4.19. The van der Waals surface area contributed by atoms with E-state index >= 15 is 0 Å². The third-order valence-electron chi connectivity index (χ3n) is 3.97. The molecule has 0 amide bonds. The average molecular weight is 408 g/mol. The number of benzene rings is 1. The van der Waals surface area contributed by atoms with Crippen molar-refractivity contribution >= 4 is 10.0 Å². The van der Waals surface area contributed by atoms with Gasteiger partial charge in [-0.2, -0.15) is 17.5 Å². The smallest absolute Gasteiger partial charge is 0.416 e. The van der Waals surface area contributed by atoms with Crippen molar-refractivity contribution in [2.24, 2.45) is 0 Å². The highest BCUT2D eigenvalue weighted by Gasteiger charge is 2.36. The molecule has 0 spiro atoms. The Morgan fingerprint density at radius 1 is 1.15 bits per heavy atom. The molecule has 1 unspecified atom stereocenters. The van der Waals surface area contributed by atoms with Crippen molar-refractivity contribution in [2.75, 3.05) is 13.1 Å². The van der Waals surface area contributed by atoms with Gasteiger partial charge in [0.2, 0.25) is 15.9 Å². The van der Waals surface area contributed by atoms with Crippen molar-refractivity contribution in [3.05, 3.63) is 53.7 Å². The number of aromatic nitrogens is 1. The second-order valence-electron chi connectivity index (χ2n) is 5.85. The average Bonchev–Trinajstić information content (AvgIpc) is 3.06. The first-order valence-electron chi connectivity index (χ1n) is 7.72. The highest BCUT2D eigenvalue weighted by Crippen LogP contribution is 2.31. The van der Waals surface area contributed by atoms with Crippen molar-refractivity contribution < 1.29 is 35.1 Å². The van der Waals surface area contributed by atoms with Gasteiger partial charge in [0, 0.05) is 18.8 Å². The molecule has 1 aliphatic heterocycles. The first-order chi connectivity index (χ1) is 12.6. The molecule has 1 fully saturated rings. The molecule has 11 heteroatoms. The van der Waals surface area contributed by atoms with Crippen LogP contribution < -0.4 is 4.74 Å². The molecule has 5 nitrogen and oxygen atoms in total. The van der Waals surface area contributed by atoms with Gasteiger partial charge in [-0.1, -0.05) is 0 Å². The monoisotopic (exact) mass is 408 g/mol. The summed E-state index contributed by atoms with van der Waals surface area (Å²) in [4.78, 5) is 2.88. The zero-order chi connectivity index (χ0) is 19.8. The largest absolute Gasteiger partial charge is 0.473 e. The van der Waals surface area contributed by atoms with Crippen LogP contribution in [-0.4, -0.2) is 36.9 Å². The minimum atomic E-state index is -4.57. The normalized spacial score (nSPS) is 18.6. The van der Waals surface area contributed by atoms with E-state index in [9.17, 15) is 30.4 Å². The Labute approximate surface area is 151 Å². The summed E-state index contributed by atoms with van der Waals surface area (Å²) in [5.41, 5.74) is -0.947. The zero-order valence-corrected chi connectivity index (χ0v) is 14.4. The van der Waals surface area contributed by atoms with Gasteiger partial charge in [-0.25, -0.2) is 22.2 Å². The SMILES string of the molecule is O=S(=O)(c1cc(F)ccc1F)N1CCC(Oc2cc(C(F)(F)F)ccn2)C1. The highest BCUT2D eigenvalue weighted by atomic mass is 32.2. The minimum Gasteiger partial charge on any atom is -0.473 e. The Kier molecular flexibility index (Phi) is 5.08. The quantitative estimate of drug-likeness (QED) is 0.729. The fourth-order valence-corrected chi connectivity index (χ4v) is 4.21. The van der Waals surface area contributed by atoms with Crippen molar-refractivity contribution in [3.8, 4) is 5.88 Å². The highest BCUT2D eigenvalue weighted by molar-refractivity contribution is 7.89. The van der Waals surface area contributed by atoms with Crippen LogP contribution in [0.25, 0.3) is 0 Å². The Morgan fingerprint density at radius 3 is 2.59 bits per heavy atom. The van der Waals surface area contributed by atoms with Crippen LogP contribution in [0.1, 0.15) is 12.0 Å². The summed E-state index contributed by atoms with van der Waals surface area (Å²) in [6.45, 7) is -0.280. The predicted molar refractivity (Wildman–Crippen MR) is 83.4 cm³/mol. The summed E-state index contributed by atoms with van der Waals surface area (Å²) in [6.07, 6.45) is -4.24. The molecular formula is C16H13F5N2O3S. The standard InChI is InChI=1S/C16H13F5N2O3S/c17-11-1-2-13(18)14(8-11)27(24,25)23-6-4-12(9-23)26-15-7-10(3-5-22-15)16(19,20)21/h1-3,5,7-8,12H,4,6,9H2. The molecule has 1 aliphatic rings. The summed E-state index contributed by atoms with van der Waals surface area (Å²) in [5.74, 6) is -2.30. The summed E-state index contributed by atoms with van der Waals surface area (Å²) in [6, 6.07) is 3.57. The van der Waals surface area contributed by atoms with Gasteiger partial charge in [0.25, 0.3) is 0 Å². The van der Waals surface area contributed by atoms with Crippen LogP contribution in [0.5, 0.6) is 5.88 Å². The molecule has 1 aromatic heterocycles. The first kappa shape index (κ1) is 19.5. The molecule has 3 rings (SSSR count). The number of hydrogen-bond acceptors (Lipinski definition) is 4. The Balaban J connectivity index is 1.75. The summed E-state index contributed by atoms with van der Waals surface area (Å²) < 4.78 is 96.5. The van der Waals surface area contributed by atoms with Crippen LogP contribution in [0.4, 0.5) is 22.0 Å². The van der Waals surface area contributed by atoms with E-state index in [2.05, 4.69) is 4.98 Å². The molecule has 0 aliphatic carbocycles. The fourth-order valence-electron chi connectivity index (χ4n) is 2.65. The first-order valence-corrected chi connectivity index (χ1v) is 9.16. The van der Waals surface area contributed by atoms with Gasteiger partial charge >= 0.3 is 6.18 Å². The van der Waals surface area contributed by atoms with Crippen LogP contribution in [0, 0.1) is 11.6 Å². The molecule has 1 atom stereocenters. The maximum absolute atomic E-state index is 13.8. The lowest BCUT2D eigenvalue weighted by molar-refractivity contribution is -0.137. The predicted octanol–water partition coefficient (Wildman–Crippen LogP) is 3.22. The molecule has 146 valence electrons. The minimum absolute atomic E-state index is 0.0537. The van der Waals surface area contributed by atoms with Crippen LogP contribution in [-0.2, 0) is 16.2 Å². The topological polar surface area (TPSA) is 59.5 Å². The van der Waals surface area contributed by atoms with Crippen LogP contribution in [0.2, 0.25) is 0 Å². The van der Waals surface area contributed by atoms with Crippen molar-refractivity contribution in [1.29, 1.82) is 0 Å². The lowest BCUT2D eigenvalue weighted by atomic mass is 10.2. The van der Waals surface area contributed by atoms with E-state index < -0.39 is 44.4 Å². The second kappa shape index (κ2) is 7.04. The van der Waals surface area contributed by atoms with Gasteiger partial charge in [-0.05, 0) is 30.7 Å². The molecule has 0 saturated carbocycles. The summed E-state index contributed by atoms with van der Waals surface area (Å²) in [5, 5.41) is 0. The van der Waals surface area contributed by atoms with E-state index in [0.29, 0.717) is 18.2 Å². The van der Waals surface area contributed by atoms with Gasteiger partial charge in [0.15, 0.2) is 0 Å². The van der Waals surface area contributed by atoms with Gasteiger partial charge in [-0.15, -0.1) is 0 Å². The Bertz CT molecular complexity index is 949. The number of rotatable bonds is 4. The Morgan fingerprint density at radius 2 is 1.89 bits per heavy atom. The van der Waals surface area contributed by atoms with Gasteiger partial charge in [-0.3, -0.25) is 0 Å². The summed E-state index contributed by atoms with van der Waals surface area (Å²) in [7, 11) is -4.31. The molecule has 2 heterocycles. The molecular weight excluding hydrogens is 395 g/mol. The van der Waals surface area contributed by atoms with E-state index in [4.69, 9.17) is 4.74 Å². The van der Waals surface area contributed by atoms with Crippen LogP contribution in [0.3, 0.4) is 0 Å². The van der Waals surface area contributed by atoms with E-state index in [-0.39, 0.29) is 25.4 Å². The molecule has 1 aromatic carbocycles. The maximum Gasteiger partial charge on any atom is 0.416 e. The molecule has 2 aromatic rings. The lowest BCUT2D eigenvalue weighted by Gasteiger charge is -2.17. The van der Waals surface area contributed by atoms with Gasteiger partial charge < -0.3 is 4.74 Å². The third-order valence-corrected chi connectivity index (χ3v) is 5.85. The maximum atomic E-state index is 13.8. The van der Waals surface area contributed by atoms with E-state index in [0.717, 1.165) is 22.6 Å². The van der Waals surface area contributed by atoms with Gasteiger partial charge in [0.1, 0.15) is 22.6 Å². The van der Waals surface area contributed by atoms with Crippen LogP contribution in [0.15, 0.2) is 41.4 Å². The van der Waals surface area contributed by atoms with Gasteiger partial charge in [0.05, 0.1) is 12.1 Å². The molecule has 27 heavy (non-hydrogen) atoms. The Hall–Kier alpha value is -2.27. The lowest BCUT2D eigenvalue weighted by Crippen LogP contribution is -2.31. The number of hydrogen-bond donors (Lipinski definition) is 0. The molecule has 0 bridgehead atoms. The molecule has 0 N–H and O–H groups in total. The number of pyridine rings is 1. The van der Waals surface area contributed by atoms with Crippen molar-refractivity contribution in [1.82, 2.24) is 9.29 Å².